The van der Waals surface area contributed by atoms with Crippen molar-refractivity contribution in [1.82, 2.24) is 15.0 Å². The monoisotopic (exact) mass is 697 g/mol. The van der Waals surface area contributed by atoms with Gasteiger partial charge in [-0.25, -0.2) is 24.5 Å². The molecule has 4 aromatic rings. The molecule has 0 bridgehead atoms. The quantitative estimate of drug-likeness (QED) is 0.103. The Balaban J connectivity index is 1.45. The number of aromatic nitrogens is 3. The molecule has 2 heterocycles. The standard InChI is InChI=1S/C40H51N5O6/c1-9-44(31-15-18-34(39(46)47)41-21-31)29-14-17-33(37(20-29)51-26(5)6)28(8)12-11-27(7)24-50-36-19-30(13-16-32(36)25(3)4)45(10-2)38-23-42-35(22-43-38)40(48)49/h13-23,25-28H,9-12,24H2,1-8H3,(H,46,47)(H,48,49). The Bertz CT molecular complexity index is 1760. The third-order valence-corrected chi connectivity index (χ3v) is 8.79. The second kappa shape index (κ2) is 17.6. The number of aromatic carboxylic acids is 2. The zero-order valence-corrected chi connectivity index (χ0v) is 31.0. The lowest BCUT2D eigenvalue weighted by Gasteiger charge is -2.26. The van der Waals surface area contributed by atoms with Gasteiger partial charge in [0.1, 0.15) is 17.2 Å². The van der Waals surface area contributed by atoms with Crippen LogP contribution in [-0.2, 0) is 0 Å². The summed E-state index contributed by atoms with van der Waals surface area (Å²) in [6.07, 6.45) is 6.24. The normalized spacial score (nSPS) is 12.4. The fraction of sp³-hybridized carbons (Fsp3) is 0.425. The van der Waals surface area contributed by atoms with Crippen LogP contribution in [0.4, 0.5) is 22.9 Å². The molecule has 0 radical (unpaired) electrons. The van der Waals surface area contributed by atoms with Crippen LogP contribution in [0, 0.1) is 5.92 Å². The lowest BCUT2D eigenvalue weighted by molar-refractivity contribution is 0.0679. The summed E-state index contributed by atoms with van der Waals surface area (Å²) in [5.41, 5.74) is 4.83. The van der Waals surface area contributed by atoms with Gasteiger partial charge in [-0.15, -0.1) is 0 Å². The van der Waals surface area contributed by atoms with E-state index in [4.69, 9.17) is 9.47 Å². The van der Waals surface area contributed by atoms with Crippen molar-refractivity contribution in [3.8, 4) is 11.5 Å². The van der Waals surface area contributed by atoms with Gasteiger partial charge in [-0.05, 0) is 93.7 Å². The van der Waals surface area contributed by atoms with Gasteiger partial charge in [0.15, 0.2) is 11.5 Å². The van der Waals surface area contributed by atoms with Gasteiger partial charge in [0.25, 0.3) is 0 Å². The van der Waals surface area contributed by atoms with Crippen LogP contribution in [0.5, 0.6) is 11.5 Å². The van der Waals surface area contributed by atoms with Gasteiger partial charge < -0.3 is 29.5 Å². The van der Waals surface area contributed by atoms with E-state index >= 15 is 0 Å². The van der Waals surface area contributed by atoms with Crippen LogP contribution >= 0.6 is 0 Å². The number of rotatable bonds is 18. The number of nitrogens with zero attached hydrogens (tertiary/aromatic N) is 5. The number of hydrogen-bond donors (Lipinski definition) is 2. The molecule has 2 aromatic carbocycles. The number of ether oxygens (including phenoxy) is 2. The van der Waals surface area contributed by atoms with Crippen molar-refractivity contribution in [3.63, 3.8) is 0 Å². The molecular formula is C40H51N5O6. The molecule has 2 N–H and O–H groups in total. The zero-order chi connectivity index (χ0) is 37.2. The van der Waals surface area contributed by atoms with Gasteiger partial charge in [-0.2, -0.15) is 0 Å². The predicted molar refractivity (Wildman–Crippen MR) is 201 cm³/mol. The molecule has 51 heavy (non-hydrogen) atoms. The third kappa shape index (κ3) is 9.96. The van der Waals surface area contributed by atoms with Crippen molar-refractivity contribution < 1.29 is 29.3 Å². The first-order valence-corrected chi connectivity index (χ1v) is 17.7. The predicted octanol–water partition coefficient (Wildman–Crippen LogP) is 9.09. The van der Waals surface area contributed by atoms with E-state index in [0.717, 1.165) is 52.5 Å². The highest BCUT2D eigenvalue weighted by molar-refractivity contribution is 5.86. The first-order valence-electron chi connectivity index (χ1n) is 17.7. The fourth-order valence-electron chi connectivity index (χ4n) is 5.99. The highest BCUT2D eigenvalue weighted by Gasteiger charge is 2.20. The Labute approximate surface area is 301 Å². The molecule has 272 valence electrons. The summed E-state index contributed by atoms with van der Waals surface area (Å²) in [6.45, 7) is 18.7. The van der Waals surface area contributed by atoms with Crippen molar-refractivity contribution >= 4 is 34.8 Å². The summed E-state index contributed by atoms with van der Waals surface area (Å²) in [5.74, 6) is 0.864. The van der Waals surface area contributed by atoms with Gasteiger partial charge in [-0.1, -0.05) is 39.8 Å². The maximum Gasteiger partial charge on any atom is 0.356 e. The minimum absolute atomic E-state index is 0.00388. The Morgan fingerprint density at radius 3 is 1.84 bits per heavy atom. The SMILES string of the molecule is CCN(c1ccc(C(=O)O)nc1)c1ccc(C(C)CCC(C)COc2cc(N(CC)c3cnc(C(=O)O)cn3)ccc2C(C)C)c(OC(C)C)c1. The van der Waals surface area contributed by atoms with E-state index < -0.39 is 11.9 Å². The largest absolute Gasteiger partial charge is 0.493 e. The number of benzene rings is 2. The molecule has 0 saturated heterocycles. The van der Waals surface area contributed by atoms with E-state index in [1.54, 1.807) is 12.3 Å². The van der Waals surface area contributed by atoms with Crippen molar-refractivity contribution in [2.45, 2.75) is 86.2 Å². The lowest BCUT2D eigenvalue weighted by Crippen LogP contribution is -2.19. The minimum atomic E-state index is -1.11. The van der Waals surface area contributed by atoms with E-state index in [2.05, 4.69) is 71.8 Å². The number of anilines is 4. The Morgan fingerprint density at radius 1 is 0.686 bits per heavy atom. The zero-order valence-electron chi connectivity index (χ0n) is 31.0. The number of pyridine rings is 1. The molecule has 0 saturated carbocycles. The summed E-state index contributed by atoms with van der Waals surface area (Å²) in [4.78, 5) is 39.1. The molecule has 2 aromatic heterocycles. The molecule has 0 fully saturated rings. The van der Waals surface area contributed by atoms with E-state index in [1.807, 2.05) is 44.7 Å². The highest BCUT2D eigenvalue weighted by atomic mass is 16.5. The lowest BCUT2D eigenvalue weighted by atomic mass is 9.91. The van der Waals surface area contributed by atoms with Crippen LogP contribution in [0.3, 0.4) is 0 Å². The molecule has 4 rings (SSSR count). The van der Waals surface area contributed by atoms with Crippen molar-refractivity contribution in [2.24, 2.45) is 5.92 Å². The summed E-state index contributed by atoms with van der Waals surface area (Å²) in [5, 5.41) is 18.5. The third-order valence-electron chi connectivity index (χ3n) is 8.79. The Kier molecular flexibility index (Phi) is 13.4. The van der Waals surface area contributed by atoms with Crippen molar-refractivity contribution in [2.75, 3.05) is 29.5 Å². The maximum atomic E-state index is 11.3. The van der Waals surface area contributed by atoms with Crippen LogP contribution < -0.4 is 19.3 Å². The van der Waals surface area contributed by atoms with Gasteiger partial charge in [0, 0.05) is 36.6 Å². The number of hydrogen-bond acceptors (Lipinski definition) is 9. The molecule has 0 aliphatic rings. The topological polar surface area (TPSA) is 138 Å². The van der Waals surface area contributed by atoms with E-state index in [1.165, 1.54) is 18.5 Å². The van der Waals surface area contributed by atoms with Gasteiger partial charge in [0.2, 0.25) is 0 Å². The van der Waals surface area contributed by atoms with E-state index in [9.17, 15) is 19.8 Å². The second-order valence-electron chi connectivity index (χ2n) is 13.4. The van der Waals surface area contributed by atoms with Crippen molar-refractivity contribution in [1.29, 1.82) is 0 Å². The average Bonchev–Trinajstić information content (AvgIpc) is 3.10. The Morgan fingerprint density at radius 2 is 1.29 bits per heavy atom. The molecule has 2 unspecified atom stereocenters. The van der Waals surface area contributed by atoms with Crippen LogP contribution in [0.15, 0.2) is 67.1 Å². The van der Waals surface area contributed by atoms with Crippen molar-refractivity contribution in [3.05, 3.63) is 89.6 Å². The summed E-state index contributed by atoms with van der Waals surface area (Å²) in [6, 6.07) is 15.8. The number of carboxylic acid groups (broad SMARTS) is 2. The van der Waals surface area contributed by atoms with Crippen LogP contribution in [0.2, 0.25) is 0 Å². The van der Waals surface area contributed by atoms with E-state index in [0.29, 0.717) is 31.4 Å². The van der Waals surface area contributed by atoms with Crippen LogP contribution in [0.25, 0.3) is 0 Å². The molecular weight excluding hydrogens is 646 g/mol. The summed E-state index contributed by atoms with van der Waals surface area (Å²) < 4.78 is 12.8. The highest BCUT2D eigenvalue weighted by Crippen LogP contribution is 2.37. The first-order chi connectivity index (χ1) is 24.3. The second-order valence-corrected chi connectivity index (χ2v) is 13.4. The molecule has 2 atom stereocenters. The van der Waals surface area contributed by atoms with Gasteiger partial charge in [-0.3, -0.25) is 0 Å². The molecule has 0 aliphatic carbocycles. The smallest absolute Gasteiger partial charge is 0.356 e. The maximum absolute atomic E-state index is 11.3. The van der Waals surface area contributed by atoms with E-state index in [-0.39, 0.29) is 29.3 Å². The number of carboxylic acids is 2. The van der Waals surface area contributed by atoms with Crippen LogP contribution in [-0.4, -0.2) is 62.9 Å². The summed E-state index contributed by atoms with van der Waals surface area (Å²) in [7, 11) is 0. The summed E-state index contributed by atoms with van der Waals surface area (Å²) >= 11 is 0. The minimum Gasteiger partial charge on any atom is -0.493 e. The molecule has 0 aliphatic heterocycles. The van der Waals surface area contributed by atoms with Crippen LogP contribution in [0.1, 0.15) is 112 Å². The fourth-order valence-corrected chi connectivity index (χ4v) is 5.99. The molecule has 11 heteroatoms. The molecule has 0 amide bonds. The average molecular weight is 698 g/mol. The first kappa shape index (κ1) is 38.6. The number of carbonyl (C=O) groups is 2. The molecule has 11 nitrogen and oxygen atoms in total. The Hall–Kier alpha value is -5.19. The van der Waals surface area contributed by atoms with Gasteiger partial charge >= 0.3 is 11.9 Å². The van der Waals surface area contributed by atoms with Gasteiger partial charge in [0.05, 0.1) is 37.0 Å². The molecule has 0 spiro atoms.